The molecule has 2 amide bonds. The van der Waals surface area contributed by atoms with E-state index in [2.05, 4.69) is 4.90 Å². The van der Waals surface area contributed by atoms with Gasteiger partial charge in [0, 0.05) is 39.6 Å². The molecule has 7 nitrogen and oxygen atoms in total. The number of ether oxygens (including phenoxy) is 1. The number of methoxy groups -OCH3 is 1. The minimum atomic E-state index is -0.299. The summed E-state index contributed by atoms with van der Waals surface area (Å²) in [5.74, 6) is 1.14. The van der Waals surface area contributed by atoms with Crippen LogP contribution in [0.25, 0.3) is 0 Å². The predicted molar refractivity (Wildman–Crippen MR) is 115 cm³/mol. The van der Waals surface area contributed by atoms with Gasteiger partial charge in [-0.1, -0.05) is 12.1 Å². The minimum Gasteiger partial charge on any atom is -0.497 e. The smallest absolute Gasteiger partial charge is 0.227 e. The van der Waals surface area contributed by atoms with Crippen LogP contribution in [0.2, 0.25) is 0 Å². The summed E-state index contributed by atoms with van der Waals surface area (Å²) in [6.07, 6.45) is 2.08. The molecule has 0 bridgehead atoms. The van der Waals surface area contributed by atoms with E-state index in [0.29, 0.717) is 25.4 Å². The number of carbonyl (C=O) groups excluding carboxylic acids is 2. The van der Waals surface area contributed by atoms with Gasteiger partial charge in [-0.05, 0) is 56.5 Å². The Hall–Kier alpha value is -2.12. The molecule has 2 unspecified atom stereocenters. The lowest BCUT2D eigenvalue weighted by atomic mass is 9.95. The number of carbonyl (C=O) groups is 2. The number of nitrogens with zero attached hydrogens (tertiary/aromatic N) is 3. The van der Waals surface area contributed by atoms with Crippen molar-refractivity contribution >= 4 is 11.8 Å². The molecule has 0 radical (unpaired) electrons. The summed E-state index contributed by atoms with van der Waals surface area (Å²) >= 11 is 0. The van der Waals surface area contributed by atoms with Gasteiger partial charge in [-0.2, -0.15) is 0 Å². The zero-order chi connectivity index (χ0) is 21.7. The van der Waals surface area contributed by atoms with Crippen LogP contribution in [0.1, 0.15) is 31.7 Å². The van der Waals surface area contributed by atoms with Crippen LogP contribution in [0.3, 0.4) is 0 Å². The van der Waals surface area contributed by atoms with Crippen LogP contribution in [-0.2, 0) is 16.1 Å². The molecule has 7 heteroatoms. The Morgan fingerprint density at radius 1 is 1.27 bits per heavy atom. The van der Waals surface area contributed by atoms with Crippen molar-refractivity contribution in [2.45, 2.75) is 38.8 Å². The lowest BCUT2D eigenvalue weighted by Gasteiger charge is -2.34. The van der Waals surface area contributed by atoms with Gasteiger partial charge in [0.1, 0.15) is 5.75 Å². The lowest BCUT2D eigenvalue weighted by molar-refractivity contribution is -0.135. The highest BCUT2D eigenvalue weighted by atomic mass is 16.5. The van der Waals surface area contributed by atoms with E-state index in [9.17, 15) is 14.7 Å². The van der Waals surface area contributed by atoms with Crippen LogP contribution in [0.5, 0.6) is 5.75 Å². The quantitative estimate of drug-likeness (QED) is 0.696. The zero-order valence-electron chi connectivity index (χ0n) is 18.4. The number of β-amino-alcohol motifs (C(OH)–C–C–N with tert-alkyl or cyclic N) is 1. The molecule has 0 saturated carbocycles. The summed E-state index contributed by atoms with van der Waals surface area (Å²) in [6, 6.07) is 7.69. The number of hydrogen-bond acceptors (Lipinski definition) is 5. The van der Waals surface area contributed by atoms with Crippen molar-refractivity contribution in [3.05, 3.63) is 29.8 Å². The monoisotopic (exact) mass is 417 g/mol. The highest BCUT2D eigenvalue weighted by molar-refractivity contribution is 5.89. The molecule has 0 aromatic heterocycles. The summed E-state index contributed by atoms with van der Waals surface area (Å²) in [7, 11) is 3.49. The highest BCUT2D eigenvalue weighted by Crippen LogP contribution is 2.24. The van der Waals surface area contributed by atoms with Gasteiger partial charge in [0.2, 0.25) is 11.8 Å². The Morgan fingerprint density at radius 3 is 2.53 bits per heavy atom. The molecular weight excluding hydrogens is 382 g/mol. The normalized spacial score (nSPS) is 21.7. The third-order valence-corrected chi connectivity index (χ3v) is 6.23. The van der Waals surface area contributed by atoms with Crippen LogP contribution < -0.4 is 4.74 Å². The van der Waals surface area contributed by atoms with E-state index in [1.54, 1.807) is 12.0 Å². The fourth-order valence-electron chi connectivity index (χ4n) is 4.56. The number of piperidine rings is 1. The molecule has 2 atom stereocenters. The highest BCUT2D eigenvalue weighted by Gasteiger charge is 2.36. The first-order valence-electron chi connectivity index (χ1n) is 10.9. The van der Waals surface area contributed by atoms with E-state index in [1.807, 2.05) is 43.1 Å². The molecule has 0 aliphatic carbocycles. The topological polar surface area (TPSA) is 73.3 Å². The molecule has 30 heavy (non-hydrogen) atoms. The van der Waals surface area contributed by atoms with Gasteiger partial charge in [-0.15, -0.1) is 0 Å². The molecule has 2 fully saturated rings. The Labute approximate surface area is 179 Å². The maximum Gasteiger partial charge on any atom is 0.227 e. The molecule has 0 spiro atoms. The number of benzene rings is 1. The zero-order valence-corrected chi connectivity index (χ0v) is 18.4. The van der Waals surface area contributed by atoms with Crippen molar-refractivity contribution in [2.24, 2.45) is 11.8 Å². The predicted octanol–water partition coefficient (Wildman–Crippen LogP) is 1.59. The molecular formula is C23H35N3O4. The van der Waals surface area contributed by atoms with E-state index in [-0.39, 0.29) is 23.8 Å². The van der Waals surface area contributed by atoms with Gasteiger partial charge in [0.25, 0.3) is 0 Å². The Morgan fingerprint density at radius 2 is 1.93 bits per heavy atom. The van der Waals surface area contributed by atoms with Crippen LogP contribution in [0, 0.1) is 11.8 Å². The Bertz CT molecular complexity index is 714. The van der Waals surface area contributed by atoms with Gasteiger partial charge in [0.05, 0.1) is 19.1 Å². The number of rotatable bonds is 8. The minimum absolute atomic E-state index is 0.0454. The second-order valence-corrected chi connectivity index (χ2v) is 8.84. The van der Waals surface area contributed by atoms with Gasteiger partial charge in [0.15, 0.2) is 0 Å². The molecule has 3 rings (SSSR count). The van der Waals surface area contributed by atoms with Gasteiger partial charge in [-0.25, -0.2) is 0 Å². The van der Waals surface area contributed by atoms with Crippen molar-refractivity contribution in [3.8, 4) is 5.75 Å². The Balaban J connectivity index is 1.46. The lowest BCUT2D eigenvalue weighted by Crippen LogP contribution is -2.43. The van der Waals surface area contributed by atoms with E-state index in [4.69, 9.17) is 4.74 Å². The fourth-order valence-corrected chi connectivity index (χ4v) is 4.56. The van der Waals surface area contributed by atoms with Crippen molar-refractivity contribution in [2.75, 3.05) is 46.9 Å². The van der Waals surface area contributed by atoms with Gasteiger partial charge < -0.3 is 24.5 Å². The first-order valence-corrected chi connectivity index (χ1v) is 10.9. The average Bonchev–Trinajstić information content (AvgIpc) is 3.09. The summed E-state index contributed by atoms with van der Waals surface area (Å²) in [4.78, 5) is 31.3. The third kappa shape index (κ3) is 5.95. The molecule has 1 N–H and O–H groups in total. The number of amides is 2. The summed E-state index contributed by atoms with van der Waals surface area (Å²) in [5.41, 5.74) is 1.04. The second kappa shape index (κ2) is 10.3. The van der Waals surface area contributed by atoms with Crippen LogP contribution in [0.4, 0.5) is 0 Å². The SMILES string of the molecule is COc1ccc(CN2CC(C(=O)N(C)CC3CCN(CC(C)O)CC3)CC2=O)cc1. The molecule has 1 aromatic carbocycles. The number of aliphatic hydroxyl groups is 1. The first-order chi connectivity index (χ1) is 14.4. The Kier molecular flexibility index (Phi) is 7.72. The van der Waals surface area contributed by atoms with E-state index < -0.39 is 0 Å². The number of hydrogen-bond donors (Lipinski definition) is 1. The van der Waals surface area contributed by atoms with Gasteiger partial charge in [-0.3, -0.25) is 9.59 Å². The maximum atomic E-state index is 12.9. The molecule has 166 valence electrons. The van der Waals surface area contributed by atoms with Crippen LogP contribution in [0.15, 0.2) is 24.3 Å². The van der Waals surface area contributed by atoms with E-state index in [1.165, 1.54) is 0 Å². The molecule has 2 aliphatic rings. The van der Waals surface area contributed by atoms with Crippen LogP contribution in [-0.4, -0.2) is 84.6 Å². The van der Waals surface area contributed by atoms with Crippen molar-refractivity contribution in [1.29, 1.82) is 0 Å². The average molecular weight is 418 g/mol. The second-order valence-electron chi connectivity index (χ2n) is 8.84. The van der Waals surface area contributed by atoms with Crippen molar-refractivity contribution in [3.63, 3.8) is 0 Å². The maximum absolute atomic E-state index is 12.9. The van der Waals surface area contributed by atoms with Gasteiger partial charge >= 0.3 is 0 Å². The fraction of sp³-hybridized carbons (Fsp3) is 0.652. The van der Waals surface area contributed by atoms with Crippen molar-refractivity contribution in [1.82, 2.24) is 14.7 Å². The molecule has 1 aromatic rings. The van der Waals surface area contributed by atoms with Crippen molar-refractivity contribution < 1.29 is 19.4 Å². The summed E-state index contributed by atoms with van der Waals surface area (Å²) in [6.45, 7) is 6.23. The number of likely N-dealkylation sites (tertiary alicyclic amines) is 2. The number of aliphatic hydroxyl groups excluding tert-OH is 1. The standard InChI is InChI=1S/C23H35N3O4/c1-17(27)13-25-10-8-19(9-11-25)14-24(2)23(29)20-12-22(28)26(16-20)15-18-4-6-21(30-3)7-5-18/h4-7,17,19-20,27H,8-16H2,1-3H3. The molecule has 2 aliphatic heterocycles. The van der Waals surface area contributed by atoms with Crippen LogP contribution >= 0.6 is 0 Å². The third-order valence-electron chi connectivity index (χ3n) is 6.23. The summed E-state index contributed by atoms with van der Waals surface area (Å²) < 4.78 is 5.18. The summed E-state index contributed by atoms with van der Waals surface area (Å²) in [5, 5.41) is 9.54. The van der Waals surface area contributed by atoms with E-state index >= 15 is 0 Å². The first kappa shape index (κ1) is 22.6. The molecule has 2 heterocycles. The largest absolute Gasteiger partial charge is 0.497 e. The molecule has 2 saturated heterocycles. The van der Waals surface area contributed by atoms with E-state index in [0.717, 1.165) is 50.3 Å².